The highest BCUT2D eigenvalue weighted by Crippen LogP contribution is 2.25. The maximum atomic E-state index is 13.6. The molecule has 0 aromatic heterocycles. The zero-order chi connectivity index (χ0) is 14.0. The van der Waals surface area contributed by atoms with Crippen LogP contribution in [-0.4, -0.2) is 17.1 Å². The van der Waals surface area contributed by atoms with E-state index in [0.29, 0.717) is 6.42 Å². The van der Waals surface area contributed by atoms with E-state index in [9.17, 15) is 14.3 Å². The van der Waals surface area contributed by atoms with Gasteiger partial charge < -0.3 is 10.4 Å². The normalized spacial score (nSPS) is 12.4. The lowest BCUT2D eigenvalue weighted by atomic mass is 9.99. The summed E-state index contributed by atoms with van der Waals surface area (Å²) >= 11 is 0. The highest BCUT2D eigenvalue weighted by molar-refractivity contribution is 5.87. The van der Waals surface area contributed by atoms with Gasteiger partial charge in [0, 0.05) is 13.0 Å². The number of carbonyl (C=O) groups excluding carboxylic acids is 1. The summed E-state index contributed by atoms with van der Waals surface area (Å²) < 4.78 is 13.6. The molecule has 19 heavy (non-hydrogen) atoms. The molecule has 2 rings (SSSR count). The first-order valence-corrected chi connectivity index (χ1v) is 6.14. The average Bonchev–Trinajstić information content (AvgIpc) is 2.28. The van der Waals surface area contributed by atoms with Crippen molar-refractivity contribution < 1.29 is 14.3 Å². The molecule has 0 spiro atoms. The lowest BCUT2D eigenvalue weighted by Crippen LogP contribution is -2.32. The van der Waals surface area contributed by atoms with E-state index >= 15 is 0 Å². The Labute approximate surface area is 111 Å². The third kappa shape index (κ3) is 3.22. The van der Waals surface area contributed by atoms with E-state index < -0.39 is 0 Å². The van der Waals surface area contributed by atoms with E-state index in [1.165, 1.54) is 25.1 Å². The van der Waals surface area contributed by atoms with Gasteiger partial charge in [0.1, 0.15) is 11.6 Å². The van der Waals surface area contributed by atoms with Crippen LogP contribution in [0, 0.1) is 5.82 Å². The van der Waals surface area contributed by atoms with Gasteiger partial charge in [0.05, 0.1) is 0 Å². The van der Waals surface area contributed by atoms with Crippen LogP contribution >= 0.6 is 0 Å². The van der Waals surface area contributed by atoms with E-state index in [1.807, 2.05) is 6.92 Å². The summed E-state index contributed by atoms with van der Waals surface area (Å²) in [6.45, 7) is 3.31. The van der Waals surface area contributed by atoms with Gasteiger partial charge in [-0.25, -0.2) is 4.39 Å². The second kappa shape index (κ2) is 5.26. The Kier molecular flexibility index (Phi) is 3.69. The zero-order valence-corrected chi connectivity index (χ0v) is 10.9. The van der Waals surface area contributed by atoms with Gasteiger partial charge in [0.25, 0.3) is 0 Å². The van der Waals surface area contributed by atoms with Gasteiger partial charge in [0.15, 0.2) is 0 Å². The van der Waals surface area contributed by atoms with E-state index in [4.69, 9.17) is 0 Å². The molecule has 2 N–H and O–H groups in total. The fraction of sp³-hybridized carbons (Fsp3) is 0.267. The lowest BCUT2D eigenvalue weighted by Gasteiger charge is -2.14. The average molecular weight is 261 g/mol. The summed E-state index contributed by atoms with van der Waals surface area (Å²) in [6, 6.07) is 7.61. The van der Waals surface area contributed by atoms with Crippen molar-refractivity contribution in [3.63, 3.8) is 0 Å². The Hall–Kier alpha value is -2.10. The Morgan fingerprint density at radius 2 is 2.11 bits per heavy atom. The number of phenolic OH excluding ortho intramolecular Hbond substituents is 1. The quantitative estimate of drug-likeness (QED) is 0.892. The van der Waals surface area contributed by atoms with Gasteiger partial charge in [-0.1, -0.05) is 6.07 Å². The maximum Gasteiger partial charge on any atom is 0.217 e. The molecule has 1 amide bonds. The monoisotopic (exact) mass is 261 g/mol. The first-order valence-electron chi connectivity index (χ1n) is 6.14. The molecule has 0 saturated carbocycles. The van der Waals surface area contributed by atoms with Crippen LogP contribution in [0.4, 0.5) is 4.39 Å². The fourth-order valence-corrected chi connectivity index (χ4v) is 2.28. The predicted octanol–water partition coefficient (Wildman–Crippen LogP) is 2.75. The van der Waals surface area contributed by atoms with Gasteiger partial charge in [-0.3, -0.25) is 4.79 Å². The number of carbonyl (C=O) groups is 1. The third-order valence-corrected chi connectivity index (χ3v) is 2.96. The first kappa shape index (κ1) is 13.3. The molecular weight excluding hydrogens is 245 g/mol. The van der Waals surface area contributed by atoms with Crippen molar-refractivity contribution in [2.24, 2.45) is 0 Å². The van der Waals surface area contributed by atoms with E-state index in [-0.39, 0.29) is 23.5 Å². The number of rotatable bonds is 3. The number of aromatic hydroxyl groups is 1. The smallest absolute Gasteiger partial charge is 0.217 e. The summed E-state index contributed by atoms with van der Waals surface area (Å²) in [5.41, 5.74) is 0.771. The number of amides is 1. The molecule has 0 heterocycles. The third-order valence-electron chi connectivity index (χ3n) is 2.96. The van der Waals surface area contributed by atoms with Crippen molar-refractivity contribution in [3.8, 4) is 5.75 Å². The van der Waals surface area contributed by atoms with Gasteiger partial charge >= 0.3 is 0 Å². The summed E-state index contributed by atoms with van der Waals surface area (Å²) in [4.78, 5) is 11.0. The minimum atomic E-state index is -0.316. The topological polar surface area (TPSA) is 49.3 Å². The van der Waals surface area contributed by atoms with E-state index in [1.54, 1.807) is 12.1 Å². The van der Waals surface area contributed by atoms with Crippen molar-refractivity contribution in [2.75, 3.05) is 0 Å². The van der Waals surface area contributed by atoms with Gasteiger partial charge in [-0.05, 0) is 53.9 Å². The summed E-state index contributed by atoms with van der Waals surface area (Å²) in [6.07, 6.45) is 0.511. The molecule has 2 aromatic carbocycles. The minimum Gasteiger partial charge on any atom is -0.508 e. The summed E-state index contributed by atoms with van der Waals surface area (Å²) in [5, 5.41) is 13.8. The second-order valence-electron chi connectivity index (χ2n) is 4.78. The number of benzene rings is 2. The number of phenols is 1. The van der Waals surface area contributed by atoms with Crippen molar-refractivity contribution in [3.05, 3.63) is 41.7 Å². The second-order valence-corrected chi connectivity index (χ2v) is 4.78. The van der Waals surface area contributed by atoms with Gasteiger partial charge in [-0.15, -0.1) is 0 Å². The molecule has 2 aromatic rings. The molecule has 1 unspecified atom stereocenters. The van der Waals surface area contributed by atoms with Crippen molar-refractivity contribution >= 4 is 16.7 Å². The molecule has 4 heteroatoms. The van der Waals surface area contributed by atoms with Crippen LogP contribution in [0.25, 0.3) is 10.8 Å². The van der Waals surface area contributed by atoms with Crippen molar-refractivity contribution in [2.45, 2.75) is 26.3 Å². The molecular formula is C15H16FNO2. The van der Waals surface area contributed by atoms with Crippen LogP contribution in [0.1, 0.15) is 19.4 Å². The molecule has 0 saturated heterocycles. The van der Waals surface area contributed by atoms with Crippen molar-refractivity contribution in [1.29, 1.82) is 0 Å². The Balaban J connectivity index is 2.40. The molecule has 0 aliphatic carbocycles. The summed E-state index contributed by atoms with van der Waals surface area (Å²) in [5.74, 6) is -0.285. The van der Waals surface area contributed by atoms with E-state index in [2.05, 4.69) is 5.32 Å². The number of hydrogen-bond donors (Lipinski definition) is 2. The highest BCUT2D eigenvalue weighted by Gasteiger charge is 2.10. The molecule has 0 radical (unpaired) electrons. The number of halogens is 1. The summed E-state index contributed by atoms with van der Waals surface area (Å²) in [7, 11) is 0. The fourth-order valence-electron chi connectivity index (χ4n) is 2.28. The molecule has 0 aliphatic rings. The molecule has 0 bridgehead atoms. The molecule has 0 fully saturated rings. The van der Waals surface area contributed by atoms with Crippen LogP contribution < -0.4 is 5.32 Å². The largest absolute Gasteiger partial charge is 0.508 e. The Morgan fingerprint density at radius 1 is 1.37 bits per heavy atom. The van der Waals surface area contributed by atoms with Crippen LogP contribution in [0.15, 0.2) is 30.3 Å². The number of fused-ring (bicyclic) bond motifs is 1. The van der Waals surface area contributed by atoms with E-state index in [0.717, 1.165) is 16.3 Å². The zero-order valence-electron chi connectivity index (χ0n) is 10.9. The predicted molar refractivity (Wildman–Crippen MR) is 72.6 cm³/mol. The maximum absolute atomic E-state index is 13.6. The Morgan fingerprint density at radius 3 is 2.79 bits per heavy atom. The highest BCUT2D eigenvalue weighted by atomic mass is 19.1. The van der Waals surface area contributed by atoms with Crippen LogP contribution in [-0.2, 0) is 11.2 Å². The van der Waals surface area contributed by atoms with Gasteiger partial charge in [0.2, 0.25) is 5.91 Å². The molecule has 0 aliphatic heterocycles. The Bertz CT molecular complexity index is 625. The lowest BCUT2D eigenvalue weighted by molar-refractivity contribution is -0.119. The minimum absolute atomic E-state index is 0.0927. The SMILES string of the molecule is CC(=O)NC(C)Cc1cc(F)cc2ccc(O)cc12. The van der Waals surface area contributed by atoms with Crippen LogP contribution in [0.2, 0.25) is 0 Å². The van der Waals surface area contributed by atoms with Crippen LogP contribution in [0.5, 0.6) is 5.75 Å². The molecule has 100 valence electrons. The molecule has 3 nitrogen and oxygen atoms in total. The van der Waals surface area contributed by atoms with Crippen molar-refractivity contribution in [1.82, 2.24) is 5.32 Å². The number of hydrogen-bond acceptors (Lipinski definition) is 2. The van der Waals surface area contributed by atoms with Gasteiger partial charge in [-0.2, -0.15) is 0 Å². The molecule has 1 atom stereocenters. The number of nitrogens with one attached hydrogen (secondary N) is 1. The first-order chi connectivity index (χ1) is 8.95. The standard InChI is InChI=1S/C15H16FNO2/c1-9(17-10(2)18)5-12-7-13(16)6-11-3-4-14(19)8-15(11)12/h3-4,6-9,19H,5H2,1-2H3,(H,17,18). The van der Waals surface area contributed by atoms with Crippen LogP contribution in [0.3, 0.4) is 0 Å².